The topological polar surface area (TPSA) is 113 Å². The molecule has 0 radical (unpaired) electrons. The van der Waals surface area contributed by atoms with Crippen LogP contribution in [0.5, 0.6) is 0 Å². The summed E-state index contributed by atoms with van der Waals surface area (Å²) < 4.78 is 30.5. The highest BCUT2D eigenvalue weighted by molar-refractivity contribution is 7.86. The molecule has 0 unspecified atom stereocenters. The van der Waals surface area contributed by atoms with Gasteiger partial charge in [0.1, 0.15) is 4.90 Å². The van der Waals surface area contributed by atoms with Crippen molar-refractivity contribution < 1.29 is 22.6 Å². The molecule has 0 spiro atoms. The summed E-state index contributed by atoms with van der Waals surface area (Å²) >= 11 is 0. The van der Waals surface area contributed by atoms with Crippen LogP contribution in [0.3, 0.4) is 0 Å². The van der Waals surface area contributed by atoms with Gasteiger partial charge in [-0.2, -0.15) is 18.4 Å². The smallest absolute Gasteiger partial charge is 0.282 e. The Morgan fingerprint density at radius 1 is 1.12 bits per heavy atom. The lowest BCUT2D eigenvalue weighted by Gasteiger charge is -2.00. The van der Waals surface area contributed by atoms with E-state index >= 15 is 0 Å². The molecule has 8 heteroatoms. The molecule has 1 aromatic carbocycles. The maximum absolute atomic E-state index is 10.9. The fourth-order valence-corrected chi connectivity index (χ4v) is 1.59. The van der Waals surface area contributed by atoms with Crippen LogP contribution in [0.15, 0.2) is 33.1 Å². The second kappa shape index (κ2) is 4.61. The summed E-state index contributed by atoms with van der Waals surface area (Å²) in [4.78, 5) is 25.7. The summed E-state index contributed by atoms with van der Waals surface area (Å²) in [6.45, 7) is 0. The highest BCUT2D eigenvalue weighted by Crippen LogP contribution is 2.28. The molecule has 0 saturated heterocycles. The van der Waals surface area contributed by atoms with Gasteiger partial charge in [0, 0.05) is 0 Å². The third-order valence-electron chi connectivity index (χ3n) is 1.56. The lowest BCUT2D eigenvalue weighted by atomic mass is 10.3. The number of benzene rings is 1. The van der Waals surface area contributed by atoms with Crippen LogP contribution < -0.4 is 0 Å². The van der Waals surface area contributed by atoms with Gasteiger partial charge in [0.15, 0.2) is 0 Å². The van der Waals surface area contributed by atoms with Crippen molar-refractivity contribution in [2.24, 2.45) is 9.98 Å². The standard InChI is InChI=1S/C8H4N2O5S/c11-4-9-6-1-2-8(16(13,14)15)7(3-6)10-5-12/h1-3H,(H,13,14,15). The van der Waals surface area contributed by atoms with Gasteiger partial charge in [-0.05, 0) is 18.2 Å². The lowest BCUT2D eigenvalue weighted by molar-refractivity contribution is 0.483. The molecule has 82 valence electrons. The van der Waals surface area contributed by atoms with Crippen LogP contribution in [0.25, 0.3) is 0 Å². The molecular formula is C8H4N2O5S. The Kier molecular flexibility index (Phi) is 3.44. The van der Waals surface area contributed by atoms with Crippen molar-refractivity contribution in [3.05, 3.63) is 18.2 Å². The van der Waals surface area contributed by atoms with E-state index in [-0.39, 0.29) is 11.4 Å². The minimum Gasteiger partial charge on any atom is -0.282 e. The Hall–Kier alpha value is -2.11. The van der Waals surface area contributed by atoms with E-state index in [4.69, 9.17) is 4.55 Å². The van der Waals surface area contributed by atoms with Crippen LogP contribution in [-0.4, -0.2) is 25.1 Å². The molecule has 0 aliphatic carbocycles. The fraction of sp³-hybridized carbons (Fsp3) is 0. The number of isocyanates is 2. The van der Waals surface area contributed by atoms with E-state index in [9.17, 15) is 18.0 Å². The van der Waals surface area contributed by atoms with Gasteiger partial charge in [-0.25, -0.2) is 9.59 Å². The first-order valence-corrected chi connectivity index (χ1v) is 5.20. The first kappa shape index (κ1) is 12.0. The quantitative estimate of drug-likeness (QED) is 0.478. The predicted octanol–water partition coefficient (Wildman–Crippen LogP) is 0.868. The normalized spacial score (nSPS) is 10.1. The zero-order chi connectivity index (χ0) is 12.2. The number of hydrogen-bond acceptors (Lipinski definition) is 6. The van der Waals surface area contributed by atoms with Crippen molar-refractivity contribution in [2.75, 3.05) is 0 Å². The van der Waals surface area contributed by atoms with Gasteiger partial charge in [0.2, 0.25) is 12.2 Å². The van der Waals surface area contributed by atoms with Gasteiger partial charge < -0.3 is 0 Å². The van der Waals surface area contributed by atoms with Crippen LogP contribution in [0.1, 0.15) is 0 Å². The lowest BCUT2D eigenvalue weighted by Crippen LogP contribution is -1.97. The monoisotopic (exact) mass is 240 g/mol. The van der Waals surface area contributed by atoms with Gasteiger partial charge in [-0.1, -0.05) is 0 Å². The van der Waals surface area contributed by atoms with Crippen molar-refractivity contribution in [1.29, 1.82) is 0 Å². The van der Waals surface area contributed by atoms with Crippen molar-refractivity contribution in [1.82, 2.24) is 0 Å². The Balaban J connectivity index is 3.54. The average molecular weight is 240 g/mol. The van der Waals surface area contributed by atoms with E-state index in [1.54, 1.807) is 0 Å². The Morgan fingerprint density at radius 2 is 1.75 bits per heavy atom. The number of carbonyl (C=O) groups excluding carboxylic acids is 2. The summed E-state index contributed by atoms with van der Waals surface area (Å²) in [5, 5.41) is 0. The zero-order valence-electron chi connectivity index (χ0n) is 7.61. The minimum absolute atomic E-state index is 0.0522. The number of aliphatic imine (C=N–C) groups is 2. The molecule has 0 bridgehead atoms. The molecule has 1 N–H and O–H groups in total. The SMILES string of the molecule is O=C=Nc1ccc(S(=O)(=O)O)c(N=C=O)c1. The largest absolute Gasteiger partial charge is 0.296 e. The Bertz CT molecular complexity index is 609. The first-order valence-electron chi connectivity index (χ1n) is 3.76. The Labute approximate surface area is 89.9 Å². The van der Waals surface area contributed by atoms with E-state index in [0.29, 0.717) is 0 Å². The minimum atomic E-state index is -4.50. The van der Waals surface area contributed by atoms with Crippen LogP contribution in [0.2, 0.25) is 0 Å². The second-order valence-electron chi connectivity index (χ2n) is 2.53. The first-order chi connectivity index (χ1) is 7.49. The fourth-order valence-electron chi connectivity index (χ4n) is 0.983. The summed E-state index contributed by atoms with van der Waals surface area (Å²) in [5.41, 5.74) is -0.301. The molecular weight excluding hydrogens is 236 g/mol. The van der Waals surface area contributed by atoms with Crippen LogP contribution in [0, 0.1) is 0 Å². The highest BCUT2D eigenvalue weighted by Gasteiger charge is 2.15. The summed E-state index contributed by atoms with van der Waals surface area (Å²) in [5.74, 6) is 0. The van der Waals surface area contributed by atoms with Crippen LogP contribution in [0.4, 0.5) is 11.4 Å². The van der Waals surface area contributed by atoms with Crippen molar-refractivity contribution in [3.63, 3.8) is 0 Å². The summed E-state index contributed by atoms with van der Waals surface area (Å²) in [6.07, 6.45) is 2.36. The molecule has 0 aliphatic rings. The van der Waals surface area contributed by atoms with Crippen LogP contribution in [-0.2, 0) is 19.7 Å². The van der Waals surface area contributed by atoms with Crippen LogP contribution >= 0.6 is 0 Å². The number of hydrogen-bond donors (Lipinski definition) is 1. The molecule has 0 atom stereocenters. The molecule has 0 fully saturated rings. The average Bonchev–Trinajstić information content (AvgIpc) is 2.17. The maximum Gasteiger partial charge on any atom is 0.296 e. The van der Waals surface area contributed by atoms with Gasteiger partial charge >= 0.3 is 0 Å². The van der Waals surface area contributed by atoms with E-state index in [1.165, 1.54) is 6.08 Å². The molecule has 7 nitrogen and oxygen atoms in total. The van der Waals surface area contributed by atoms with E-state index in [1.807, 2.05) is 0 Å². The molecule has 1 aromatic rings. The highest BCUT2D eigenvalue weighted by atomic mass is 32.2. The number of nitrogens with zero attached hydrogens (tertiary/aromatic N) is 2. The van der Waals surface area contributed by atoms with E-state index in [2.05, 4.69) is 9.98 Å². The second-order valence-corrected chi connectivity index (χ2v) is 3.92. The van der Waals surface area contributed by atoms with E-state index in [0.717, 1.165) is 24.3 Å². The maximum atomic E-state index is 10.9. The van der Waals surface area contributed by atoms with Crippen molar-refractivity contribution >= 4 is 33.7 Å². The molecule has 0 heterocycles. The Morgan fingerprint density at radius 3 is 2.25 bits per heavy atom. The summed E-state index contributed by atoms with van der Waals surface area (Å²) in [6, 6.07) is 3.14. The summed E-state index contributed by atoms with van der Waals surface area (Å²) in [7, 11) is -4.50. The van der Waals surface area contributed by atoms with Gasteiger partial charge in [0.25, 0.3) is 10.1 Å². The van der Waals surface area contributed by atoms with E-state index < -0.39 is 15.0 Å². The third-order valence-corrected chi connectivity index (χ3v) is 2.46. The van der Waals surface area contributed by atoms with Gasteiger partial charge in [-0.15, -0.1) is 0 Å². The molecule has 0 aromatic heterocycles. The van der Waals surface area contributed by atoms with Crippen molar-refractivity contribution in [3.8, 4) is 0 Å². The number of rotatable bonds is 3. The van der Waals surface area contributed by atoms with Gasteiger partial charge in [-0.3, -0.25) is 4.55 Å². The molecule has 0 aliphatic heterocycles. The predicted molar refractivity (Wildman–Crippen MR) is 51.8 cm³/mol. The third kappa shape index (κ3) is 2.69. The molecule has 1 rings (SSSR count). The molecule has 16 heavy (non-hydrogen) atoms. The van der Waals surface area contributed by atoms with Gasteiger partial charge in [0.05, 0.1) is 11.4 Å². The molecule has 0 amide bonds. The van der Waals surface area contributed by atoms with Crippen molar-refractivity contribution in [2.45, 2.75) is 4.90 Å². The zero-order valence-corrected chi connectivity index (χ0v) is 8.43. The molecule has 0 saturated carbocycles.